The quantitative estimate of drug-likeness (QED) is 0.145. The second-order valence-electron chi connectivity index (χ2n) is 9.37. The average molecular weight is 441 g/mol. The van der Waals surface area contributed by atoms with Crippen LogP contribution in [0.5, 0.6) is 0 Å². The number of amides is 1. The van der Waals surface area contributed by atoms with Crippen LogP contribution in [0.15, 0.2) is 0 Å². The fourth-order valence-electron chi connectivity index (χ4n) is 4.26. The van der Waals surface area contributed by atoms with E-state index < -0.39 is 6.09 Å². The molecular formula is C27H56N2O2. The van der Waals surface area contributed by atoms with Crippen LogP contribution in [0, 0.1) is 0 Å². The van der Waals surface area contributed by atoms with E-state index in [1.807, 2.05) is 0 Å². The Morgan fingerprint density at radius 3 is 1.19 bits per heavy atom. The van der Waals surface area contributed by atoms with Crippen molar-refractivity contribution in [3.8, 4) is 0 Å². The van der Waals surface area contributed by atoms with Gasteiger partial charge in [-0.2, -0.15) is 0 Å². The standard InChI is InChI=1S/C27H56N2O2/c1-3-5-7-9-11-13-15-17-19-21-23-29(25-26-31-27(28)30)24-22-20-18-16-14-12-10-8-6-4-2/h3-26H2,1-2H3,(H2,28,30). The van der Waals surface area contributed by atoms with Gasteiger partial charge >= 0.3 is 6.09 Å². The van der Waals surface area contributed by atoms with Gasteiger partial charge in [0.1, 0.15) is 6.61 Å². The molecule has 0 atom stereocenters. The molecule has 0 saturated carbocycles. The van der Waals surface area contributed by atoms with Crippen molar-refractivity contribution >= 4 is 6.09 Å². The Balaban J connectivity index is 3.72. The van der Waals surface area contributed by atoms with Gasteiger partial charge in [-0.3, -0.25) is 4.90 Å². The predicted octanol–water partition coefficient (Wildman–Crippen LogP) is 8.23. The summed E-state index contributed by atoms with van der Waals surface area (Å²) in [6.45, 7) is 8.04. The molecule has 0 radical (unpaired) electrons. The zero-order valence-corrected chi connectivity index (χ0v) is 21.3. The minimum atomic E-state index is -0.655. The van der Waals surface area contributed by atoms with Gasteiger partial charge < -0.3 is 10.5 Å². The predicted molar refractivity (Wildman–Crippen MR) is 136 cm³/mol. The van der Waals surface area contributed by atoms with Crippen molar-refractivity contribution in [3.05, 3.63) is 0 Å². The first-order valence-electron chi connectivity index (χ1n) is 13.8. The van der Waals surface area contributed by atoms with Gasteiger partial charge in [0, 0.05) is 6.54 Å². The number of primary amides is 1. The van der Waals surface area contributed by atoms with Gasteiger partial charge in [0.15, 0.2) is 0 Å². The first-order valence-corrected chi connectivity index (χ1v) is 13.8. The van der Waals surface area contributed by atoms with E-state index in [0.717, 1.165) is 19.6 Å². The van der Waals surface area contributed by atoms with Crippen molar-refractivity contribution < 1.29 is 9.53 Å². The molecule has 0 aromatic carbocycles. The number of hydrogen-bond acceptors (Lipinski definition) is 3. The number of ether oxygens (including phenoxy) is 1. The summed E-state index contributed by atoms with van der Waals surface area (Å²) < 4.78 is 4.97. The third-order valence-electron chi connectivity index (χ3n) is 6.31. The molecule has 0 bridgehead atoms. The van der Waals surface area contributed by atoms with Crippen LogP contribution >= 0.6 is 0 Å². The largest absolute Gasteiger partial charge is 0.448 e. The minimum Gasteiger partial charge on any atom is -0.448 e. The molecule has 0 rings (SSSR count). The summed E-state index contributed by atoms with van der Waals surface area (Å²) in [6.07, 6.45) is 26.7. The number of nitrogens with two attached hydrogens (primary N) is 1. The molecule has 0 heterocycles. The number of hydrogen-bond donors (Lipinski definition) is 1. The molecule has 0 spiro atoms. The van der Waals surface area contributed by atoms with Crippen molar-refractivity contribution in [1.82, 2.24) is 4.90 Å². The number of unbranched alkanes of at least 4 members (excludes halogenated alkanes) is 18. The molecule has 0 fully saturated rings. The van der Waals surface area contributed by atoms with E-state index in [1.165, 1.54) is 128 Å². The molecular weight excluding hydrogens is 384 g/mol. The van der Waals surface area contributed by atoms with E-state index in [1.54, 1.807) is 0 Å². The van der Waals surface area contributed by atoms with Crippen LogP contribution in [0.2, 0.25) is 0 Å². The third-order valence-corrected chi connectivity index (χ3v) is 6.31. The summed E-state index contributed by atoms with van der Waals surface area (Å²) >= 11 is 0. The van der Waals surface area contributed by atoms with E-state index in [2.05, 4.69) is 18.7 Å². The lowest BCUT2D eigenvalue weighted by molar-refractivity contribution is 0.134. The van der Waals surface area contributed by atoms with Gasteiger partial charge in [0.25, 0.3) is 0 Å². The Bertz CT molecular complexity index is 339. The lowest BCUT2D eigenvalue weighted by atomic mass is 10.1. The SMILES string of the molecule is CCCCCCCCCCCCN(CCCCCCCCCCCC)CCOC(N)=O. The molecule has 4 heteroatoms. The Labute approximate surface area is 195 Å². The summed E-state index contributed by atoms with van der Waals surface area (Å²) in [4.78, 5) is 13.3. The number of nitrogens with zero attached hydrogens (tertiary/aromatic N) is 1. The second-order valence-corrected chi connectivity index (χ2v) is 9.37. The van der Waals surface area contributed by atoms with Crippen LogP contribution in [0.25, 0.3) is 0 Å². The van der Waals surface area contributed by atoms with Crippen LogP contribution in [0.4, 0.5) is 4.79 Å². The molecule has 186 valence electrons. The fraction of sp³-hybridized carbons (Fsp3) is 0.963. The molecule has 0 aromatic heterocycles. The second kappa shape index (κ2) is 25.5. The Kier molecular flexibility index (Phi) is 24.9. The first kappa shape index (κ1) is 30.2. The molecule has 0 aliphatic carbocycles. The van der Waals surface area contributed by atoms with Gasteiger partial charge in [-0.05, 0) is 25.9 Å². The monoisotopic (exact) mass is 440 g/mol. The molecule has 31 heavy (non-hydrogen) atoms. The normalized spacial score (nSPS) is 11.3. The number of carbonyl (C=O) groups excluding carboxylic acids is 1. The number of rotatable bonds is 25. The summed E-state index contributed by atoms with van der Waals surface area (Å²) in [5, 5.41) is 0. The van der Waals surface area contributed by atoms with Crippen LogP contribution in [-0.2, 0) is 4.74 Å². The zero-order valence-electron chi connectivity index (χ0n) is 21.3. The maximum Gasteiger partial charge on any atom is 0.404 e. The molecule has 2 N–H and O–H groups in total. The fourth-order valence-corrected chi connectivity index (χ4v) is 4.26. The molecule has 0 unspecified atom stereocenters. The first-order chi connectivity index (χ1) is 15.2. The minimum absolute atomic E-state index is 0.421. The van der Waals surface area contributed by atoms with Crippen molar-refractivity contribution in [1.29, 1.82) is 0 Å². The highest BCUT2D eigenvalue weighted by atomic mass is 16.5. The highest BCUT2D eigenvalue weighted by molar-refractivity contribution is 5.64. The van der Waals surface area contributed by atoms with Crippen molar-refractivity contribution in [2.24, 2.45) is 5.73 Å². The highest BCUT2D eigenvalue weighted by Gasteiger charge is 2.06. The van der Waals surface area contributed by atoms with E-state index >= 15 is 0 Å². The average Bonchev–Trinajstić information content (AvgIpc) is 2.75. The van der Waals surface area contributed by atoms with Crippen LogP contribution < -0.4 is 5.73 Å². The van der Waals surface area contributed by atoms with E-state index in [4.69, 9.17) is 10.5 Å². The van der Waals surface area contributed by atoms with E-state index in [9.17, 15) is 4.79 Å². The van der Waals surface area contributed by atoms with Gasteiger partial charge in [-0.25, -0.2) is 4.79 Å². The lowest BCUT2D eigenvalue weighted by Gasteiger charge is -2.22. The maximum atomic E-state index is 10.8. The zero-order chi connectivity index (χ0) is 22.8. The van der Waals surface area contributed by atoms with Gasteiger partial charge in [0.2, 0.25) is 0 Å². The molecule has 4 nitrogen and oxygen atoms in total. The van der Waals surface area contributed by atoms with Gasteiger partial charge in [0.05, 0.1) is 0 Å². The van der Waals surface area contributed by atoms with Crippen LogP contribution in [-0.4, -0.2) is 37.2 Å². The van der Waals surface area contributed by atoms with Crippen molar-refractivity contribution in [3.63, 3.8) is 0 Å². The molecule has 0 aliphatic heterocycles. The smallest absolute Gasteiger partial charge is 0.404 e. The van der Waals surface area contributed by atoms with E-state index in [0.29, 0.717) is 6.61 Å². The molecule has 1 amide bonds. The topological polar surface area (TPSA) is 55.6 Å². The summed E-state index contributed by atoms with van der Waals surface area (Å²) in [5.41, 5.74) is 5.11. The molecule has 0 saturated heterocycles. The van der Waals surface area contributed by atoms with Crippen molar-refractivity contribution in [2.75, 3.05) is 26.2 Å². The van der Waals surface area contributed by atoms with Crippen molar-refractivity contribution in [2.45, 2.75) is 142 Å². The van der Waals surface area contributed by atoms with Crippen LogP contribution in [0.3, 0.4) is 0 Å². The highest BCUT2D eigenvalue weighted by Crippen LogP contribution is 2.12. The van der Waals surface area contributed by atoms with Gasteiger partial charge in [-0.15, -0.1) is 0 Å². The summed E-state index contributed by atoms with van der Waals surface area (Å²) in [6, 6.07) is 0. The van der Waals surface area contributed by atoms with Gasteiger partial charge in [-0.1, -0.05) is 129 Å². The lowest BCUT2D eigenvalue weighted by Crippen LogP contribution is -2.31. The van der Waals surface area contributed by atoms with Crippen LogP contribution in [0.1, 0.15) is 142 Å². The third kappa shape index (κ3) is 25.4. The van der Waals surface area contributed by atoms with E-state index in [-0.39, 0.29) is 0 Å². The Hall–Kier alpha value is -0.770. The molecule has 0 aliphatic rings. The number of carbonyl (C=O) groups is 1. The Morgan fingerprint density at radius 2 is 0.871 bits per heavy atom. The Morgan fingerprint density at radius 1 is 0.548 bits per heavy atom. The summed E-state index contributed by atoms with van der Waals surface area (Å²) in [5.74, 6) is 0. The summed E-state index contributed by atoms with van der Waals surface area (Å²) in [7, 11) is 0. The maximum absolute atomic E-state index is 10.8. The molecule has 0 aromatic rings.